The third-order valence-corrected chi connectivity index (χ3v) is 3.54. The largest absolute Gasteiger partial charge is 0.334 e. The minimum Gasteiger partial charge on any atom is -0.334 e. The number of thioether (sulfide) groups is 1. The van der Waals surface area contributed by atoms with Crippen LogP contribution in [0.3, 0.4) is 0 Å². The summed E-state index contributed by atoms with van der Waals surface area (Å²) in [4.78, 5) is 14.5. The minimum atomic E-state index is -0.451. The molecule has 1 aromatic carbocycles. The molecule has 1 N–H and O–H groups in total. The van der Waals surface area contributed by atoms with Crippen molar-refractivity contribution in [1.82, 2.24) is 0 Å². The van der Waals surface area contributed by atoms with Crippen LogP contribution in [0.2, 0.25) is 5.02 Å². The summed E-state index contributed by atoms with van der Waals surface area (Å²) in [6.45, 7) is 2.82. The predicted octanol–water partition coefficient (Wildman–Crippen LogP) is 3.15. The number of rotatable bonds is 2. The fourth-order valence-electron chi connectivity index (χ4n) is 1.38. The van der Waals surface area contributed by atoms with E-state index in [0.29, 0.717) is 16.0 Å². The van der Waals surface area contributed by atoms with Crippen LogP contribution in [0.5, 0.6) is 0 Å². The zero-order valence-electron chi connectivity index (χ0n) is 9.01. The zero-order valence-corrected chi connectivity index (χ0v) is 10.6. The highest BCUT2D eigenvalue weighted by Crippen LogP contribution is 2.29. The van der Waals surface area contributed by atoms with Crippen LogP contribution >= 0.6 is 23.4 Å². The summed E-state index contributed by atoms with van der Waals surface area (Å²) in [5.41, 5.74) is 0.523. The molecule has 1 aliphatic heterocycles. The van der Waals surface area contributed by atoms with E-state index in [1.54, 1.807) is 11.8 Å². The molecular formula is C10H10ClN3O2S. The highest BCUT2D eigenvalue weighted by atomic mass is 35.5. The third-order valence-electron chi connectivity index (χ3n) is 2.21. The van der Waals surface area contributed by atoms with Crippen LogP contribution in [-0.2, 0) is 0 Å². The second kappa shape index (κ2) is 4.93. The summed E-state index contributed by atoms with van der Waals surface area (Å²) in [5, 5.41) is 15.3. The van der Waals surface area contributed by atoms with Gasteiger partial charge in [0.1, 0.15) is 0 Å². The Morgan fingerprint density at radius 1 is 1.65 bits per heavy atom. The van der Waals surface area contributed by atoms with Gasteiger partial charge >= 0.3 is 0 Å². The van der Waals surface area contributed by atoms with Crippen LogP contribution in [0, 0.1) is 10.1 Å². The molecule has 1 heterocycles. The van der Waals surface area contributed by atoms with Crippen molar-refractivity contribution in [2.45, 2.75) is 12.2 Å². The highest BCUT2D eigenvalue weighted by Gasteiger charge is 2.17. The molecule has 1 atom stereocenters. The molecule has 0 aliphatic carbocycles. The van der Waals surface area contributed by atoms with E-state index in [9.17, 15) is 10.1 Å². The minimum absolute atomic E-state index is 0.00791. The lowest BCUT2D eigenvalue weighted by atomic mass is 10.3. The van der Waals surface area contributed by atoms with Gasteiger partial charge in [0, 0.05) is 17.4 Å². The molecule has 90 valence electrons. The van der Waals surface area contributed by atoms with Crippen molar-refractivity contribution < 1.29 is 4.92 Å². The Bertz CT molecular complexity index is 492. The van der Waals surface area contributed by atoms with Crippen LogP contribution in [0.4, 0.5) is 11.4 Å². The fraction of sp³-hybridized carbons (Fsp3) is 0.300. The summed E-state index contributed by atoms with van der Waals surface area (Å²) >= 11 is 7.56. The van der Waals surface area contributed by atoms with Crippen molar-refractivity contribution in [3.05, 3.63) is 33.3 Å². The number of hydrogen-bond donors (Lipinski definition) is 1. The van der Waals surface area contributed by atoms with Gasteiger partial charge in [0.05, 0.1) is 22.2 Å². The molecule has 0 fully saturated rings. The van der Waals surface area contributed by atoms with Crippen molar-refractivity contribution >= 4 is 39.9 Å². The number of hydrogen-bond acceptors (Lipinski definition) is 5. The molecule has 2 rings (SSSR count). The molecule has 17 heavy (non-hydrogen) atoms. The number of nitro groups is 1. The number of nitro benzene ring substituents is 1. The van der Waals surface area contributed by atoms with Crippen LogP contribution in [-0.4, -0.2) is 21.9 Å². The number of nitrogens with one attached hydrogen (secondary N) is 1. The number of non-ortho nitro benzene ring substituents is 1. The molecule has 0 unspecified atom stereocenters. The Balaban J connectivity index is 2.20. The van der Waals surface area contributed by atoms with Crippen molar-refractivity contribution in [3.63, 3.8) is 0 Å². The molecule has 0 saturated carbocycles. The fourth-order valence-corrected chi connectivity index (χ4v) is 2.40. The monoisotopic (exact) mass is 271 g/mol. The van der Waals surface area contributed by atoms with Gasteiger partial charge in [0.15, 0.2) is 5.17 Å². The molecule has 5 nitrogen and oxygen atoms in total. The summed E-state index contributed by atoms with van der Waals surface area (Å²) in [5.74, 6) is 0. The molecular weight excluding hydrogens is 262 g/mol. The molecule has 1 aromatic rings. The SMILES string of the molecule is C[C@H]1CN=C(Nc2cc([N+](=O)[O-])ccc2Cl)S1. The van der Waals surface area contributed by atoms with Crippen LogP contribution < -0.4 is 5.32 Å². The Morgan fingerprint density at radius 2 is 2.41 bits per heavy atom. The van der Waals surface area contributed by atoms with Gasteiger partial charge in [-0.1, -0.05) is 30.3 Å². The maximum Gasteiger partial charge on any atom is 0.271 e. The number of benzene rings is 1. The van der Waals surface area contributed by atoms with E-state index in [2.05, 4.69) is 17.2 Å². The van der Waals surface area contributed by atoms with E-state index in [-0.39, 0.29) is 5.69 Å². The Morgan fingerprint density at radius 3 is 3.00 bits per heavy atom. The lowest BCUT2D eigenvalue weighted by Crippen LogP contribution is -2.06. The number of amidine groups is 1. The van der Waals surface area contributed by atoms with Gasteiger partial charge in [-0.25, -0.2) is 0 Å². The zero-order chi connectivity index (χ0) is 12.4. The topological polar surface area (TPSA) is 67.5 Å². The summed E-state index contributed by atoms with van der Waals surface area (Å²) in [7, 11) is 0. The van der Waals surface area contributed by atoms with E-state index in [1.165, 1.54) is 18.2 Å². The van der Waals surface area contributed by atoms with Gasteiger partial charge in [0.2, 0.25) is 0 Å². The Labute approximate surface area is 107 Å². The average molecular weight is 272 g/mol. The first-order valence-corrected chi connectivity index (χ1v) is 6.24. The van der Waals surface area contributed by atoms with E-state index < -0.39 is 4.92 Å². The summed E-state index contributed by atoms with van der Waals surface area (Å²) < 4.78 is 0. The number of aliphatic imine (C=N–C) groups is 1. The molecule has 1 aliphatic rings. The smallest absolute Gasteiger partial charge is 0.271 e. The molecule has 0 aromatic heterocycles. The van der Waals surface area contributed by atoms with Gasteiger partial charge in [-0.15, -0.1) is 0 Å². The first kappa shape index (κ1) is 12.2. The molecule has 0 spiro atoms. The molecule has 0 saturated heterocycles. The predicted molar refractivity (Wildman–Crippen MR) is 71.1 cm³/mol. The second-order valence-corrected chi connectivity index (χ2v) is 5.45. The van der Waals surface area contributed by atoms with Crippen molar-refractivity contribution in [3.8, 4) is 0 Å². The van der Waals surface area contributed by atoms with E-state index in [0.717, 1.165) is 11.7 Å². The van der Waals surface area contributed by atoms with E-state index in [4.69, 9.17) is 11.6 Å². The van der Waals surface area contributed by atoms with Crippen LogP contribution in [0.1, 0.15) is 6.92 Å². The van der Waals surface area contributed by atoms with Gasteiger partial charge < -0.3 is 5.32 Å². The normalized spacial score (nSPS) is 18.9. The molecule has 0 radical (unpaired) electrons. The second-order valence-electron chi connectivity index (χ2n) is 3.62. The van der Waals surface area contributed by atoms with Gasteiger partial charge in [-0.2, -0.15) is 0 Å². The summed E-state index contributed by atoms with van der Waals surface area (Å²) in [6.07, 6.45) is 0. The average Bonchev–Trinajstić information content (AvgIpc) is 2.67. The number of anilines is 1. The van der Waals surface area contributed by atoms with Gasteiger partial charge in [-0.05, 0) is 6.07 Å². The van der Waals surface area contributed by atoms with Crippen molar-refractivity contribution in [2.24, 2.45) is 4.99 Å². The van der Waals surface area contributed by atoms with E-state index >= 15 is 0 Å². The lowest BCUT2D eigenvalue weighted by Gasteiger charge is -2.07. The maximum absolute atomic E-state index is 10.7. The van der Waals surface area contributed by atoms with Crippen molar-refractivity contribution in [1.29, 1.82) is 0 Å². The van der Waals surface area contributed by atoms with Crippen molar-refractivity contribution in [2.75, 3.05) is 11.9 Å². The molecule has 0 amide bonds. The standard InChI is InChI=1S/C10H10ClN3O2S/c1-6-5-12-10(17-6)13-9-4-7(14(15)16)2-3-8(9)11/h2-4,6H,5H2,1H3,(H,12,13)/t6-/m0/s1. The molecule has 7 heteroatoms. The lowest BCUT2D eigenvalue weighted by molar-refractivity contribution is -0.384. The quantitative estimate of drug-likeness (QED) is 0.663. The van der Waals surface area contributed by atoms with Gasteiger partial charge in [-0.3, -0.25) is 15.1 Å². The molecule has 0 bridgehead atoms. The van der Waals surface area contributed by atoms with Crippen LogP contribution in [0.25, 0.3) is 0 Å². The highest BCUT2D eigenvalue weighted by molar-refractivity contribution is 8.15. The number of halogens is 1. The first-order valence-electron chi connectivity index (χ1n) is 4.98. The van der Waals surface area contributed by atoms with E-state index in [1.807, 2.05) is 0 Å². The third kappa shape index (κ3) is 2.89. The first-order chi connectivity index (χ1) is 8.06. The number of nitrogens with zero attached hydrogens (tertiary/aromatic N) is 2. The van der Waals surface area contributed by atoms with Crippen LogP contribution in [0.15, 0.2) is 23.2 Å². The Hall–Kier alpha value is -1.27. The van der Waals surface area contributed by atoms with Gasteiger partial charge in [0.25, 0.3) is 5.69 Å². The summed E-state index contributed by atoms with van der Waals surface area (Å²) in [6, 6.07) is 4.29. The Kier molecular flexibility index (Phi) is 3.54. The maximum atomic E-state index is 10.7.